The Kier molecular flexibility index (Phi) is 4.77. The predicted octanol–water partition coefficient (Wildman–Crippen LogP) is 0.810. The van der Waals surface area contributed by atoms with Crippen LogP contribution >= 0.6 is 0 Å². The minimum absolute atomic E-state index is 1.48. The number of allylic oxidation sites excluding steroid dienone is 2. The van der Waals surface area contributed by atoms with Gasteiger partial charge in [-0.05, 0) is 0 Å². The standard InChI is InChI=1S/C6H9.2Sb/c1-4-6(3)5-2;;/h1-3H3;;. The zero-order chi connectivity index (χ0) is 6.73. The van der Waals surface area contributed by atoms with E-state index in [1.165, 1.54) is 12.5 Å². The molecule has 0 atom stereocenters. The van der Waals surface area contributed by atoms with Crippen LogP contribution in [-0.4, -0.2) is 49.0 Å². The molecule has 0 rings (SSSR count). The van der Waals surface area contributed by atoms with Crippen molar-refractivity contribution in [3.8, 4) is 0 Å². The molecule has 0 aliphatic rings. The van der Waals surface area contributed by atoms with Gasteiger partial charge in [0.25, 0.3) is 0 Å². The summed E-state index contributed by atoms with van der Waals surface area (Å²) in [6.45, 7) is 6.53. The van der Waals surface area contributed by atoms with E-state index >= 15 is 0 Å². The third-order valence-electron chi connectivity index (χ3n) is 1.09. The first kappa shape index (κ1) is 9.25. The molecule has 0 amide bonds. The van der Waals surface area contributed by atoms with Crippen molar-refractivity contribution in [1.29, 1.82) is 0 Å². The molecule has 3 radical (unpaired) electrons. The van der Waals surface area contributed by atoms with E-state index < -0.39 is 0 Å². The molecule has 0 unspecified atom stereocenters. The molecule has 0 aromatic carbocycles. The van der Waals surface area contributed by atoms with Gasteiger partial charge in [-0.25, -0.2) is 0 Å². The summed E-state index contributed by atoms with van der Waals surface area (Å²) in [5.41, 5.74) is 1.48. The number of hydrogen-bond acceptors (Lipinski definition) is 0. The molecule has 0 heterocycles. The normalized spacial score (nSPS) is 13.0. The summed E-state index contributed by atoms with van der Waals surface area (Å²) in [6.07, 6.45) is 0. The van der Waals surface area contributed by atoms with E-state index in [0.717, 1.165) is 0 Å². The summed E-state index contributed by atoms with van der Waals surface area (Å²) in [5, 5.41) is 0. The summed E-state index contributed by atoms with van der Waals surface area (Å²) < 4.78 is 2.97. The van der Waals surface area contributed by atoms with Gasteiger partial charge in [0, 0.05) is 0 Å². The van der Waals surface area contributed by atoms with Crippen LogP contribution in [-0.2, 0) is 0 Å². The third-order valence-corrected chi connectivity index (χ3v) is 3.00. The second-order valence-electron chi connectivity index (χ2n) is 1.80. The Balaban J connectivity index is 4.23. The Morgan fingerprint density at radius 3 is 1.50 bits per heavy atom. The van der Waals surface area contributed by atoms with E-state index in [9.17, 15) is 0 Å². The molecule has 8 heavy (non-hydrogen) atoms. The summed E-state index contributed by atoms with van der Waals surface area (Å²) in [4.78, 5) is 0. The molecule has 0 spiro atoms. The first-order valence-corrected chi connectivity index (χ1v) is 5.00. The van der Waals surface area contributed by atoms with Gasteiger partial charge in [-0.3, -0.25) is 0 Å². The molecule has 0 aromatic heterocycles. The molecule has 0 fully saturated rings. The van der Waals surface area contributed by atoms with Gasteiger partial charge in [-0.15, -0.1) is 0 Å². The first-order chi connectivity index (χ1) is 3.55. The van der Waals surface area contributed by atoms with Crippen LogP contribution < -0.4 is 0 Å². The van der Waals surface area contributed by atoms with Crippen LogP contribution in [0.3, 0.4) is 0 Å². The van der Waals surface area contributed by atoms with Crippen molar-refractivity contribution in [2.45, 2.75) is 20.8 Å². The summed E-state index contributed by atoms with van der Waals surface area (Å²) in [5.74, 6) is 0. The Morgan fingerprint density at radius 2 is 1.50 bits per heavy atom. The fraction of sp³-hybridized carbons (Fsp3) is 0.500. The molecule has 0 aromatic rings. The molecule has 0 aliphatic carbocycles. The molecule has 0 saturated carbocycles. The maximum atomic E-state index is 2.18. The maximum absolute atomic E-state index is 2.18. The van der Waals surface area contributed by atoms with Gasteiger partial charge in [0.15, 0.2) is 0 Å². The van der Waals surface area contributed by atoms with Gasteiger partial charge in [0.05, 0.1) is 0 Å². The second kappa shape index (κ2) is 4.12. The minimum atomic E-state index is 1.48. The Bertz CT molecular complexity index is 129. The van der Waals surface area contributed by atoms with E-state index in [4.69, 9.17) is 0 Å². The summed E-state index contributed by atoms with van der Waals surface area (Å²) >= 11 is 3.63. The van der Waals surface area contributed by atoms with E-state index in [0.29, 0.717) is 0 Å². The van der Waals surface area contributed by atoms with Crippen molar-refractivity contribution in [3.63, 3.8) is 0 Å². The van der Waals surface area contributed by atoms with Crippen LogP contribution in [0.2, 0.25) is 0 Å². The van der Waals surface area contributed by atoms with Crippen LogP contribution in [0.4, 0.5) is 0 Å². The zero-order valence-electron chi connectivity index (χ0n) is 5.39. The topological polar surface area (TPSA) is 0 Å². The monoisotopic (exact) mass is 323 g/mol. The molecule has 0 nitrogen and oxygen atoms in total. The van der Waals surface area contributed by atoms with Crippen LogP contribution in [0.25, 0.3) is 0 Å². The Labute approximate surface area is 78.2 Å². The van der Waals surface area contributed by atoms with Gasteiger partial charge in [-0.1, -0.05) is 0 Å². The van der Waals surface area contributed by atoms with Gasteiger partial charge < -0.3 is 0 Å². The van der Waals surface area contributed by atoms with Crippen molar-refractivity contribution in [3.05, 3.63) is 9.09 Å². The quantitative estimate of drug-likeness (QED) is 0.626. The predicted molar refractivity (Wildman–Crippen MR) is 40.6 cm³/mol. The number of rotatable bonds is 1. The molecule has 2 heteroatoms. The van der Waals surface area contributed by atoms with Crippen LogP contribution in [0, 0.1) is 0 Å². The first-order valence-electron chi connectivity index (χ1n) is 2.45. The average molecular weight is 325 g/mol. The van der Waals surface area contributed by atoms with Gasteiger partial charge >= 0.3 is 78.9 Å². The fourth-order valence-corrected chi connectivity index (χ4v) is 2.00. The van der Waals surface area contributed by atoms with Crippen molar-refractivity contribution in [2.24, 2.45) is 0 Å². The Morgan fingerprint density at radius 1 is 1.12 bits per heavy atom. The van der Waals surface area contributed by atoms with Crippen molar-refractivity contribution < 1.29 is 0 Å². The average Bonchev–Trinajstić information content (AvgIpc) is 1.64. The van der Waals surface area contributed by atoms with Gasteiger partial charge in [0.1, 0.15) is 0 Å². The fourth-order valence-electron chi connectivity index (χ4n) is 0.262. The van der Waals surface area contributed by atoms with Gasteiger partial charge in [0.2, 0.25) is 0 Å². The summed E-state index contributed by atoms with van der Waals surface area (Å²) in [7, 11) is 0. The molecule has 0 aliphatic heterocycles. The molecule has 0 N–H and O–H groups in total. The second-order valence-corrected chi connectivity index (χ2v) is 5.62. The van der Waals surface area contributed by atoms with Crippen molar-refractivity contribution in [1.82, 2.24) is 0 Å². The van der Waals surface area contributed by atoms with Gasteiger partial charge in [-0.2, -0.15) is 0 Å². The van der Waals surface area contributed by atoms with E-state index in [2.05, 4.69) is 20.8 Å². The Hall–Kier alpha value is 1.25. The van der Waals surface area contributed by atoms with Crippen molar-refractivity contribution >= 4 is 49.0 Å². The van der Waals surface area contributed by atoms with E-state index in [1.807, 2.05) is 45.6 Å². The molecule has 0 saturated heterocycles. The molecular weight excluding hydrogens is 316 g/mol. The molecule has 43 valence electrons. The summed E-state index contributed by atoms with van der Waals surface area (Å²) in [6, 6.07) is 0. The van der Waals surface area contributed by atoms with Crippen LogP contribution in [0.5, 0.6) is 0 Å². The molecule has 0 bridgehead atoms. The third kappa shape index (κ3) is 3.31. The van der Waals surface area contributed by atoms with E-state index in [-0.39, 0.29) is 0 Å². The van der Waals surface area contributed by atoms with Crippen molar-refractivity contribution in [2.75, 3.05) is 0 Å². The van der Waals surface area contributed by atoms with E-state index in [1.54, 1.807) is 0 Å². The number of hydrogen-bond donors (Lipinski definition) is 0. The zero-order valence-corrected chi connectivity index (χ0v) is 10.5. The SMILES string of the molecule is C[C](=[Sb])C(C)=[C](C)[Sb]. The molecular formula is C6H9Sb2. The van der Waals surface area contributed by atoms with Crippen LogP contribution in [0.15, 0.2) is 9.09 Å². The van der Waals surface area contributed by atoms with Crippen LogP contribution in [0.1, 0.15) is 20.8 Å².